The number of carbonyl (C=O) groups excluding carboxylic acids is 3. The smallest absolute Gasteiger partial charge is 0.355 e. The number of hydrogen-bond acceptors (Lipinski definition) is 4. The molecular formula is C22H18ClN3O4. The zero-order valence-electron chi connectivity index (χ0n) is 16.2. The molecule has 0 atom stereocenters. The molecule has 2 heterocycles. The van der Waals surface area contributed by atoms with Crippen molar-refractivity contribution < 1.29 is 19.1 Å². The molecule has 0 radical (unpaired) electrons. The molecule has 0 fully saturated rings. The lowest BCUT2D eigenvalue weighted by molar-refractivity contribution is -0.143. The maximum atomic E-state index is 12.9. The fraction of sp³-hybridized carbons (Fsp3) is 0.182. The molecule has 0 aliphatic carbocycles. The Morgan fingerprint density at radius 1 is 1.13 bits per heavy atom. The molecule has 0 bridgehead atoms. The van der Waals surface area contributed by atoms with E-state index in [4.69, 9.17) is 16.3 Å². The molecule has 8 heteroatoms. The highest BCUT2D eigenvalue weighted by Crippen LogP contribution is 2.26. The molecule has 0 saturated heterocycles. The van der Waals surface area contributed by atoms with Crippen molar-refractivity contribution >= 4 is 51.8 Å². The van der Waals surface area contributed by atoms with Crippen LogP contribution < -0.4 is 4.90 Å². The number of amides is 3. The van der Waals surface area contributed by atoms with Gasteiger partial charge in [-0.3, -0.25) is 9.59 Å². The van der Waals surface area contributed by atoms with Crippen LogP contribution in [0.25, 0.3) is 10.9 Å². The normalized spacial score (nSPS) is 13.8. The second-order valence-corrected chi connectivity index (χ2v) is 7.18. The Labute approximate surface area is 177 Å². The number of rotatable bonds is 6. The monoisotopic (exact) mass is 423 g/mol. The van der Waals surface area contributed by atoms with Crippen molar-refractivity contribution in [1.82, 2.24) is 4.57 Å². The first-order chi connectivity index (χ1) is 14.5. The maximum absolute atomic E-state index is 12.9. The Bertz CT molecular complexity index is 1200. The van der Waals surface area contributed by atoms with E-state index >= 15 is 0 Å². The largest absolute Gasteiger partial charge is 0.465 e. The van der Waals surface area contributed by atoms with E-state index < -0.39 is 11.9 Å². The summed E-state index contributed by atoms with van der Waals surface area (Å²) in [6, 6.07) is 13.4. The van der Waals surface area contributed by atoms with Crippen molar-refractivity contribution in [2.75, 3.05) is 11.5 Å². The van der Waals surface area contributed by atoms with E-state index in [1.54, 1.807) is 42.0 Å². The fourth-order valence-electron chi connectivity index (χ4n) is 3.51. The number of ether oxygens (including phenoxy) is 1. The summed E-state index contributed by atoms with van der Waals surface area (Å²) < 4.78 is 6.82. The van der Waals surface area contributed by atoms with Gasteiger partial charge in [0.1, 0.15) is 12.3 Å². The third kappa shape index (κ3) is 3.71. The number of aromatic nitrogens is 1. The van der Waals surface area contributed by atoms with Gasteiger partial charge in [0.25, 0.3) is 5.91 Å². The number of fused-ring (bicyclic) bond motifs is 1. The number of urea groups is 1. The number of hydrogen-bond donors (Lipinski definition) is 0. The van der Waals surface area contributed by atoms with E-state index in [-0.39, 0.29) is 24.6 Å². The van der Waals surface area contributed by atoms with Crippen LogP contribution in [-0.2, 0) is 27.3 Å². The summed E-state index contributed by atoms with van der Waals surface area (Å²) in [6.45, 7) is 2.11. The maximum Gasteiger partial charge on any atom is 0.355 e. The van der Waals surface area contributed by atoms with E-state index in [1.165, 1.54) is 0 Å². The van der Waals surface area contributed by atoms with Crippen LogP contribution in [0.15, 0.2) is 59.7 Å². The van der Waals surface area contributed by atoms with E-state index in [1.807, 2.05) is 24.3 Å². The number of para-hydroxylation sites is 1. The molecule has 3 aromatic rings. The minimum Gasteiger partial charge on any atom is -0.465 e. The average molecular weight is 424 g/mol. The molecule has 4 rings (SSSR count). The number of esters is 1. The fourth-order valence-corrected chi connectivity index (χ4v) is 3.69. The lowest BCUT2D eigenvalue weighted by atomic mass is 10.1. The van der Waals surface area contributed by atoms with Gasteiger partial charge >= 0.3 is 12.0 Å². The molecule has 0 spiro atoms. The summed E-state index contributed by atoms with van der Waals surface area (Å²) in [5, 5.41) is 1.30. The number of halogens is 1. The summed E-state index contributed by atoms with van der Waals surface area (Å²) in [7, 11) is 0. The third-order valence-electron chi connectivity index (χ3n) is 4.77. The molecule has 0 saturated carbocycles. The van der Waals surface area contributed by atoms with Gasteiger partial charge in [-0.25, -0.2) is 9.69 Å². The average Bonchev–Trinajstić information content (AvgIpc) is 3.19. The van der Waals surface area contributed by atoms with Gasteiger partial charge in [0.05, 0.1) is 12.3 Å². The van der Waals surface area contributed by atoms with Gasteiger partial charge in [-0.15, -0.1) is 0 Å². The van der Waals surface area contributed by atoms with Crippen molar-refractivity contribution in [3.05, 3.63) is 65.3 Å². The van der Waals surface area contributed by atoms with Crippen molar-refractivity contribution in [3.8, 4) is 0 Å². The van der Waals surface area contributed by atoms with Gasteiger partial charge in [-0.1, -0.05) is 35.9 Å². The Balaban J connectivity index is 1.63. The molecule has 1 aromatic heterocycles. The first kappa shape index (κ1) is 19.8. The van der Waals surface area contributed by atoms with Crippen molar-refractivity contribution in [1.29, 1.82) is 0 Å². The number of carbonyl (C=O) groups is 3. The van der Waals surface area contributed by atoms with Gasteiger partial charge in [-0.05, 0) is 36.8 Å². The molecule has 7 nitrogen and oxygen atoms in total. The first-order valence-electron chi connectivity index (χ1n) is 9.42. The highest BCUT2D eigenvalue weighted by molar-refractivity contribution is 6.54. The Kier molecular flexibility index (Phi) is 5.37. The van der Waals surface area contributed by atoms with Gasteiger partial charge < -0.3 is 9.30 Å². The number of anilines is 1. The first-order valence-corrected chi connectivity index (χ1v) is 9.79. The molecule has 1 aliphatic rings. The van der Waals surface area contributed by atoms with Crippen LogP contribution in [0, 0.1) is 0 Å². The zero-order chi connectivity index (χ0) is 21.3. The molecular weight excluding hydrogens is 406 g/mol. The quantitative estimate of drug-likeness (QED) is 0.561. The van der Waals surface area contributed by atoms with E-state index in [9.17, 15) is 14.4 Å². The van der Waals surface area contributed by atoms with Gasteiger partial charge in [0, 0.05) is 28.5 Å². The van der Waals surface area contributed by atoms with E-state index in [0.29, 0.717) is 17.3 Å². The van der Waals surface area contributed by atoms with Crippen molar-refractivity contribution in [3.63, 3.8) is 0 Å². The highest BCUT2D eigenvalue weighted by Gasteiger charge is 2.34. The number of nitrogens with zero attached hydrogens (tertiary/aromatic N) is 3. The van der Waals surface area contributed by atoms with Crippen LogP contribution in [0.1, 0.15) is 12.5 Å². The highest BCUT2D eigenvalue weighted by atomic mass is 35.5. The third-order valence-corrected chi connectivity index (χ3v) is 5.01. The Hall–Kier alpha value is -3.45. The summed E-state index contributed by atoms with van der Waals surface area (Å²) in [5.74, 6) is -0.828. The van der Waals surface area contributed by atoms with E-state index in [0.717, 1.165) is 21.4 Å². The van der Waals surface area contributed by atoms with Crippen LogP contribution in [0.5, 0.6) is 0 Å². The van der Waals surface area contributed by atoms with E-state index in [2.05, 4.69) is 4.99 Å². The van der Waals surface area contributed by atoms with Crippen molar-refractivity contribution in [2.45, 2.75) is 19.9 Å². The minimum absolute atomic E-state index is 0.0579. The SMILES string of the molecule is CCOC(=O)Cn1cc(CC2=NC(=O)N(c3cccc(Cl)c3)C2=O)c2ccccc21. The molecule has 1 aliphatic heterocycles. The van der Waals surface area contributed by atoms with Crippen LogP contribution >= 0.6 is 11.6 Å². The summed E-state index contributed by atoms with van der Waals surface area (Å²) >= 11 is 5.99. The topological polar surface area (TPSA) is 81.0 Å². The van der Waals surface area contributed by atoms with Crippen molar-refractivity contribution in [2.24, 2.45) is 4.99 Å². The minimum atomic E-state index is -0.646. The lowest BCUT2D eigenvalue weighted by Gasteiger charge is -2.13. The molecule has 0 N–H and O–H groups in total. The van der Waals surface area contributed by atoms with Crippen LogP contribution in [0.3, 0.4) is 0 Å². The summed E-state index contributed by atoms with van der Waals surface area (Å²) in [6.07, 6.45) is 1.96. The van der Waals surface area contributed by atoms with Gasteiger partial charge in [-0.2, -0.15) is 4.99 Å². The number of benzene rings is 2. The Morgan fingerprint density at radius 2 is 1.93 bits per heavy atom. The summed E-state index contributed by atoms with van der Waals surface area (Å²) in [5.41, 5.74) is 2.15. The summed E-state index contributed by atoms with van der Waals surface area (Å²) in [4.78, 5) is 42.2. The number of aliphatic imine (C=N–C) groups is 1. The van der Waals surface area contributed by atoms with Crippen LogP contribution in [0.2, 0.25) is 5.02 Å². The molecule has 3 amide bonds. The zero-order valence-corrected chi connectivity index (χ0v) is 16.9. The number of imide groups is 1. The van der Waals surface area contributed by atoms with Gasteiger partial charge in [0.2, 0.25) is 0 Å². The predicted molar refractivity (Wildman–Crippen MR) is 114 cm³/mol. The van der Waals surface area contributed by atoms with Crippen LogP contribution in [-0.4, -0.2) is 34.8 Å². The van der Waals surface area contributed by atoms with Crippen LogP contribution in [0.4, 0.5) is 10.5 Å². The predicted octanol–water partition coefficient (Wildman–Crippen LogP) is 4.01. The Morgan fingerprint density at radius 3 is 2.70 bits per heavy atom. The molecule has 0 unspecified atom stereocenters. The second kappa shape index (κ2) is 8.12. The lowest BCUT2D eigenvalue weighted by Crippen LogP contribution is -2.33. The molecule has 2 aromatic carbocycles. The molecule has 152 valence electrons. The molecule has 30 heavy (non-hydrogen) atoms. The van der Waals surface area contributed by atoms with Gasteiger partial charge in [0.15, 0.2) is 0 Å². The standard InChI is InChI=1S/C22H18ClN3O4/c1-2-30-20(27)13-25-12-14(17-8-3-4-9-19(17)25)10-18-21(28)26(22(29)24-18)16-7-5-6-15(23)11-16/h3-9,11-12H,2,10,13H2,1H3. The second-order valence-electron chi connectivity index (χ2n) is 6.74.